The topological polar surface area (TPSA) is 118 Å². The zero-order chi connectivity index (χ0) is 28.6. The lowest BCUT2D eigenvalue weighted by Gasteiger charge is -2.63. The molecule has 3 aromatic rings. The number of nitrogens with one attached hydrogen (secondary N) is 1. The van der Waals surface area contributed by atoms with Crippen molar-refractivity contribution in [3.63, 3.8) is 0 Å². The number of sulfonamides is 1. The van der Waals surface area contributed by atoms with E-state index >= 15 is 0 Å². The van der Waals surface area contributed by atoms with Crippen LogP contribution >= 0.6 is 0 Å². The number of methoxy groups -OCH3 is 1. The molecule has 2 N–H and O–H groups in total. The third kappa shape index (κ3) is 3.65. The van der Waals surface area contributed by atoms with E-state index in [1.807, 2.05) is 6.07 Å². The van der Waals surface area contributed by atoms with Gasteiger partial charge in [-0.25, -0.2) is 12.8 Å². The smallest absolute Gasteiger partial charge is 0.244 e. The average Bonchev–Trinajstić information content (AvgIpc) is 3.59. The Balaban J connectivity index is 1.30. The second kappa shape index (κ2) is 9.17. The molecule has 5 atom stereocenters. The van der Waals surface area contributed by atoms with Gasteiger partial charge in [0.15, 0.2) is 11.5 Å². The van der Waals surface area contributed by atoms with E-state index in [1.54, 1.807) is 25.3 Å². The predicted octanol–water partition coefficient (Wildman–Crippen LogP) is 3.17. The first-order valence-electron chi connectivity index (χ1n) is 13.6. The summed E-state index contributed by atoms with van der Waals surface area (Å²) < 4.78 is 60.4. The zero-order valence-electron chi connectivity index (χ0n) is 22.2. The van der Waals surface area contributed by atoms with Crippen molar-refractivity contribution >= 4 is 22.0 Å². The number of halogens is 1. The lowest BCUT2D eigenvalue weighted by molar-refractivity contribution is -0.177. The fourth-order valence-corrected chi connectivity index (χ4v) is 9.33. The molecule has 1 spiro atoms. The van der Waals surface area contributed by atoms with E-state index in [0.29, 0.717) is 17.9 Å². The monoisotopic (exact) mass is 580 g/mol. The van der Waals surface area contributed by atoms with Crippen LogP contribution in [0, 0.1) is 5.82 Å². The number of rotatable bonds is 6. The molecular weight excluding hydrogens is 551 g/mol. The number of furan rings is 1. The molecule has 11 heteroatoms. The number of hydrogen-bond donors (Lipinski definition) is 2. The Morgan fingerprint density at radius 2 is 2.10 bits per heavy atom. The van der Waals surface area contributed by atoms with Crippen LogP contribution < -0.4 is 14.8 Å². The number of ether oxygens (including phenoxy) is 2. The van der Waals surface area contributed by atoms with E-state index in [4.69, 9.17) is 13.9 Å². The third-order valence-electron chi connectivity index (χ3n) is 9.32. The molecule has 0 radical (unpaired) electrons. The normalized spacial score (nSPS) is 30.1. The minimum atomic E-state index is -4.12. The first-order valence-corrected chi connectivity index (χ1v) is 15.0. The maximum Gasteiger partial charge on any atom is 0.244 e. The van der Waals surface area contributed by atoms with Gasteiger partial charge in [-0.05, 0) is 67.7 Å². The molecule has 2 aliphatic carbocycles. The van der Waals surface area contributed by atoms with E-state index in [2.05, 4.69) is 5.32 Å². The van der Waals surface area contributed by atoms with Crippen molar-refractivity contribution in [2.75, 3.05) is 13.7 Å². The summed E-state index contributed by atoms with van der Waals surface area (Å²) >= 11 is 0. The number of carbonyl (C=O) groups is 1. The molecule has 2 aromatic carbocycles. The summed E-state index contributed by atoms with van der Waals surface area (Å²) in [6, 6.07) is 9.11. The molecule has 3 heterocycles. The molecule has 1 saturated carbocycles. The van der Waals surface area contributed by atoms with E-state index in [9.17, 15) is 22.7 Å². The Kier molecular flexibility index (Phi) is 5.87. The fraction of sp³-hybridized carbons (Fsp3) is 0.367. The summed E-state index contributed by atoms with van der Waals surface area (Å²) in [4.78, 5) is 12.8. The molecule has 214 valence electrons. The van der Waals surface area contributed by atoms with Gasteiger partial charge in [0.05, 0.1) is 47.6 Å². The van der Waals surface area contributed by atoms with Crippen molar-refractivity contribution in [3.05, 3.63) is 83.6 Å². The van der Waals surface area contributed by atoms with Gasteiger partial charge in [-0.1, -0.05) is 12.1 Å². The van der Waals surface area contributed by atoms with Gasteiger partial charge in [0.25, 0.3) is 0 Å². The molecule has 1 amide bonds. The largest absolute Gasteiger partial charge is 0.493 e. The van der Waals surface area contributed by atoms with Gasteiger partial charge in [0.1, 0.15) is 11.9 Å². The van der Waals surface area contributed by atoms with E-state index in [-0.39, 0.29) is 36.6 Å². The number of hydrogen-bond acceptors (Lipinski definition) is 7. The number of nitrogens with zero attached hydrogens (tertiary/aromatic N) is 1. The number of piperidine rings is 1. The number of carbonyl (C=O) groups excluding carboxylic acids is 1. The van der Waals surface area contributed by atoms with Gasteiger partial charge < -0.3 is 24.3 Å². The van der Waals surface area contributed by atoms with Crippen LogP contribution in [0.3, 0.4) is 0 Å². The van der Waals surface area contributed by atoms with E-state index in [1.165, 1.54) is 41.1 Å². The van der Waals surface area contributed by atoms with Crippen molar-refractivity contribution in [1.29, 1.82) is 0 Å². The highest BCUT2D eigenvalue weighted by molar-refractivity contribution is 7.89. The second-order valence-corrected chi connectivity index (χ2v) is 13.0. The van der Waals surface area contributed by atoms with Crippen LogP contribution in [-0.2, 0) is 26.7 Å². The quantitative estimate of drug-likeness (QED) is 0.430. The Labute approximate surface area is 236 Å². The van der Waals surface area contributed by atoms with Crippen LogP contribution in [-0.4, -0.2) is 61.2 Å². The number of benzene rings is 2. The second-order valence-electron chi connectivity index (χ2n) is 11.2. The van der Waals surface area contributed by atoms with E-state index in [0.717, 1.165) is 22.8 Å². The molecule has 2 bridgehead atoms. The maximum atomic E-state index is 14.1. The molecule has 2 fully saturated rings. The minimum Gasteiger partial charge on any atom is -0.493 e. The average molecular weight is 581 g/mol. The Hall–Kier alpha value is -3.67. The lowest BCUT2D eigenvalue weighted by atomic mass is 9.48. The molecule has 1 saturated heterocycles. The number of amides is 1. The van der Waals surface area contributed by atoms with Crippen LogP contribution in [0.5, 0.6) is 11.5 Å². The third-order valence-corrected chi connectivity index (χ3v) is 11.2. The summed E-state index contributed by atoms with van der Waals surface area (Å²) in [5.74, 6) is 0.0889. The molecule has 0 unspecified atom stereocenters. The molecule has 4 aliphatic rings. The van der Waals surface area contributed by atoms with Gasteiger partial charge >= 0.3 is 0 Å². The molecule has 2 aliphatic heterocycles. The summed E-state index contributed by atoms with van der Waals surface area (Å²) in [5.41, 5.74) is -0.0274. The van der Waals surface area contributed by atoms with Crippen LogP contribution in [0.4, 0.5) is 4.39 Å². The highest BCUT2D eigenvalue weighted by atomic mass is 32.2. The first-order chi connectivity index (χ1) is 19.7. The molecule has 41 heavy (non-hydrogen) atoms. The highest BCUT2D eigenvalue weighted by Gasteiger charge is 2.74. The summed E-state index contributed by atoms with van der Waals surface area (Å²) in [6.45, 7) is 0.100. The zero-order valence-corrected chi connectivity index (χ0v) is 23.1. The molecule has 1 aromatic heterocycles. The number of aliphatic hydroxyl groups is 1. The van der Waals surface area contributed by atoms with Gasteiger partial charge in [-0.3, -0.25) is 4.79 Å². The van der Waals surface area contributed by atoms with Gasteiger partial charge in [-0.2, -0.15) is 4.31 Å². The van der Waals surface area contributed by atoms with Crippen molar-refractivity contribution in [3.8, 4) is 11.5 Å². The minimum absolute atomic E-state index is 0.100. The van der Waals surface area contributed by atoms with Crippen LogP contribution in [0.15, 0.2) is 70.4 Å². The maximum absolute atomic E-state index is 14.1. The Bertz CT molecular complexity index is 1670. The van der Waals surface area contributed by atoms with Crippen LogP contribution in [0.1, 0.15) is 36.0 Å². The SMILES string of the molecule is COc1ccc2c3c1O[C@H]1[C@H](NC(=O)/C=C/c4ccoc4)CC[C@@]4(O)[C@@H](C2)N(S(=O)(=O)c2cccc(F)c2)CC[C@]314. The van der Waals surface area contributed by atoms with Crippen molar-refractivity contribution in [2.24, 2.45) is 0 Å². The lowest BCUT2D eigenvalue weighted by Crippen LogP contribution is -2.78. The van der Waals surface area contributed by atoms with E-state index < -0.39 is 45.0 Å². The van der Waals surface area contributed by atoms with Crippen molar-refractivity contribution in [2.45, 2.75) is 59.8 Å². The fourth-order valence-electron chi connectivity index (χ4n) is 7.63. The summed E-state index contributed by atoms with van der Waals surface area (Å²) in [6.07, 6.45) is 6.59. The van der Waals surface area contributed by atoms with Crippen molar-refractivity contribution < 1.29 is 36.6 Å². The van der Waals surface area contributed by atoms with Gasteiger partial charge in [0.2, 0.25) is 15.9 Å². The Morgan fingerprint density at radius 1 is 1.24 bits per heavy atom. The standard InChI is InChI=1S/C30H29FN2O7S/c1-38-23-7-6-19-15-24-30(35)11-9-22(32-25(34)8-5-18-10-14-39-17-18)28-29(30,26(19)27(23)40-28)12-13-33(24)41(36,37)21-4-2-3-20(31)16-21/h2-8,10,14,16-17,22,24,28,35H,9,11-13,15H2,1H3,(H,32,34)/b8-5+/t22-,24-,28+,29+,30-/m1/s1. The predicted molar refractivity (Wildman–Crippen MR) is 145 cm³/mol. The van der Waals surface area contributed by atoms with Crippen LogP contribution in [0.25, 0.3) is 6.08 Å². The summed E-state index contributed by atoms with van der Waals surface area (Å²) in [5, 5.41) is 15.7. The molecular formula is C30H29FN2O7S. The van der Waals surface area contributed by atoms with Crippen molar-refractivity contribution in [1.82, 2.24) is 9.62 Å². The first kappa shape index (κ1) is 26.2. The Morgan fingerprint density at radius 3 is 2.85 bits per heavy atom. The summed E-state index contributed by atoms with van der Waals surface area (Å²) in [7, 11) is -2.57. The van der Waals surface area contributed by atoms with Gasteiger partial charge in [-0.15, -0.1) is 0 Å². The van der Waals surface area contributed by atoms with Gasteiger partial charge in [0, 0.05) is 23.7 Å². The highest BCUT2D eigenvalue weighted by Crippen LogP contribution is 2.65. The van der Waals surface area contributed by atoms with Crippen LogP contribution in [0.2, 0.25) is 0 Å². The molecule has 7 rings (SSSR count). The molecule has 9 nitrogen and oxygen atoms in total.